The van der Waals surface area contributed by atoms with Crippen LogP contribution in [0.1, 0.15) is 34.1 Å². The molecule has 1 unspecified atom stereocenters. The van der Waals surface area contributed by atoms with Crippen molar-refractivity contribution in [3.8, 4) is 5.75 Å². The van der Waals surface area contributed by atoms with Crippen molar-refractivity contribution in [1.29, 1.82) is 0 Å². The summed E-state index contributed by atoms with van der Waals surface area (Å²) in [4.78, 5) is 0. The molecule has 0 bridgehead atoms. The molecule has 0 aliphatic heterocycles. The van der Waals surface area contributed by atoms with E-state index in [9.17, 15) is 4.39 Å². The van der Waals surface area contributed by atoms with Crippen LogP contribution in [-0.4, -0.2) is 18.2 Å². The lowest BCUT2D eigenvalue weighted by Crippen LogP contribution is -2.43. The van der Waals surface area contributed by atoms with E-state index >= 15 is 0 Å². The highest BCUT2D eigenvalue weighted by Gasteiger charge is 2.15. The summed E-state index contributed by atoms with van der Waals surface area (Å²) in [5, 5.41) is 3.44. The number of ether oxygens (including phenoxy) is 1. The number of nitrogens with one attached hydrogen (secondary N) is 1. The SMILES string of the molecule is CCC(C)(C)NCC(C)Oc1ccc(F)cc1. The monoisotopic (exact) mass is 239 g/mol. The predicted molar refractivity (Wildman–Crippen MR) is 68.9 cm³/mol. The Morgan fingerprint density at radius 3 is 2.41 bits per heavy atom. The molecule has 1 aromatic carbocycles. The quantitative estimate of drug-likeness (QED) is 0.821. The van der Waals surface area contributed by atoms with Gasteiger partial charge in [0.05, 0.1) is 0 Å². The maximum Gasteiger partial charge on any atom is 0.123 e. The van der Waals surface area contributed by atoms with Crippen molar-refractivity contribution in [2.24, 2.45) is 0 Å². The Kier molecular flexibility index (Phi) is 4.94. The number of rotatable bonds is 6. The van der Waals surface area contributed by atoms with Gasteiger partial charge in [0.25, 0.3) is 0 Å². The summed E-state index contributed by atoms with van der Waals surface area (Å²) >= 11 is 0. The fraction of sp³-hybridized carbons (Fsp3) is 0.571. The largest absolute Gasteiger partial charge is 0.489 e. The zero-order valence-corrected chi connectivity index (χ0v) is 11.1. The fourth-order valence-electron chi connectivity index (χ4n) is 1.33. The summed E-state index contributed by atoms with van der Waals surface area (Å²) in [6, 6.07) is 6.12. The molecule has 2 nitrogen and oxygen atoms in total. The Morgan fingerprint density at radius 1 is 1.29 bits per heavy atom. The van der Waals surface area contributed by atoms with Gasteiger partial charge in [-0.15, -0.1) is 0 Å². The van der Waals surface area contributed by atoms with Crippen LogP contribution in [0.3, 0.4) is 0 Å². The van der Waals surface area contributed by atoms with E-state index in [-0.39, 0.29) is 17.5 Å². The van der Waals surface area contributed by atoms with Gasteiger partial charge in [0.2, 0.25) is 0 Å². The van der Waals surface area contributed by atoms with Crippen molar-refractivity contribution in [2.75, 3.05) is 6.54 Å². The van der Waals surface area contributed by atoms with Crippen LogP contribution in [0.4, 0.5) is 4.39 Å². The first-order chi connectivity index (χ1) is 7.93. The molecular formula is C14H22FNO. The van der Waals surface area contributed by atoms with Crippen LogP contribution in [-0.2, 0) is 0 Å². The van der Waals surface area contributed by atoms with Gasteiger partial charge in [-0.2, -0.15) is 0 Å². The van der Waals surface area contributed by atoms with E-state index in [1.165, 1.54) is 12.1 Å². The van der Waals surface area contributed by atoms with E-state index in [2.05, 4.69) is 26.1 Å². The summed E-state index contributed by atoms with van der Waals surface area (Å²) in [6.07, 6.45) is 1.13. The third kappa shape index (κ3) is 5.18. The van der Waals surface area contributed by atoms with Gasteiger partial charge in [0.1, 0.15) is 17.7 Å². The Hall–Kier alpha value is -1.09. The Balaban J connectivity index is 2.39. The van der Waals surface area contributed by atoms with Crippen molar-refractivity contribution >= 4 is 0 Å². The van der Waals surface area contributed by atoms with Gasteiger partial charge in [-0.3, -0.25) is 0 Å². The predicted octanol–water partition coefficient (Wildman–Crippen LogP) is 3.37. The molecule has 1 atom stereocenters. The first kappa shape index (κ1) is 14.0. The van der Waals surface area contributed by atoms with Crippen LogP contribution in [0.2, 0.25) is 0 Å². The van der Waals surface area contributed by atoms with Crippen molar-refractivity contribution in [2.45, 2.75) is 45.8 Å². The van der Waals surface area contributed by atoms with Crippen LogP contribution in [0.5, 0.6) is 5.75 Å². The zero-order valence-electron chi connectivity index (χ0n) is 11.1. The van der Waals surface area contributed by atoms with Crippen molar-refractivity contribution in [1.82, 2.24) is 5.32 Å². The second-order valence-electron chi connectivity index (χ2n) is 5.00. The molecule has 0 saturated heterocycles. The molecule has 96 valence electrons. The lowest BCUT2D eigenvalue weighted by Gasteiger charge is -2.27. The second kappa shape index (κ2) is 6.01. The average Bonchev–Trinajstić information content (AvgIpc) is 2.30. The second-order valence-corrected chi connectivity index (χ2v) is 5.00. The molecule has 0 heterocycles. The average molecular weight is 239 g/mol. The maximum absolute atomic E-state index is 12.7. The van der Waals surface area contributed by atoms with Crippen LogP contribution in [0.15, 0.2) is 24.3 Å². The molecule has 0 aliphatic rings. The Labute approximate surface area is 103 Å². The van der Waals surface area contributed by atoms with Crippen molar-refractivity contribution in [3.63, 3.8) is 0 Å². The highest BCUT2D eigenvalue weighted by molar-refractivity contribution is 5.22. The Bertz CT molecular complexity index is 335. The van der Waals surface area contributed by atoms with Gasteiger partial charge < -0.3 is 10.1 Å². The van der Waals surface area contributed by atoms with Gasteiger partial charge >= 0.3 is 0 Å². The molecule has 0 saturated carbocycles. The summed E-state index contributed by atoms with van der Waals surface area (Å²) < 4.78 is 18.4. The number of hydrogen-bond acceptors (Lipinski definition) is 2. The minimum absolute atomic E-state index is 0.0614. The van der Waals surface area contributed by atoms with Gasteiger partial charge in [0, 0.05) is 12.1 Å². The van der Waals surface area contributed by atoms with Crippen LogP contribution in [0.25, 0.3) is 0 Å². The van der Waals surface area contributed by atoms with E-state index in [1.807, 2.05) is 6.92 Å². The maximum atomic E-state index is 12.7. The third-order valence-electron chi connectivity index (χ3n) is 2.90. The minimum atomic E-state index is -0.241. The first-order valence-corrected chi connectivity index (χ1v) is 6.10. The van der Waals surface area contributed by atoms with Crippen molar-refractivity contribution < 1.29 is 9.13 Å². The molecular weight excluding hydrogens is 217 g/mol. The van der Waals surface area contributed by atoms with E-state index in [4.69, 9.17) is 4.74 Å². The molecule has 0 spiro atoms. The van der Waals surface area contributed by atoms with Crippen LogP contribution >= 0.6 is 0 Å². The third-order valence-corrected chi connectivity index (χ3v) is 2.90. The van der Waals surface area contributed by atoms with E-state index in [1.54, 1.807) is 12.1 Å². The summed E-state index contributed by atoms with van der Waals surface area (Å²) in [7, 11) is 0. The first-order valence-electron chi connectivity index (χ1n) is 6.10. The van der Waals surface area contributed by atoms with E-state index in [0.717, 1.165) is 13.0 Å². The fourth-order valence-corrected chi connectivity index (χ4v) is 1.33. The molecule has 1 N–H and O–H groups in total. The van der Waals surface area contributed by atoms with Gasteiger partial charge in [-0.25, -0.2) is 4.39 Å². The molecule has 1 rings (SSSR count). The molecule has 0 radical (unpaired) electrons. The molecule has 17 heavy (non-hydrogen) atoms. The molecule has 0 aliphatic carbocycles. The normalized spacial score (nSPS) is 13.5. The number of hydrogen-bond donors (Lipinski definition) is 1. The van der Waals surface area contributed by atoms with E-state index < -0.39 is 0 Å². The Morgan fingerprint density at radius 2 is 1.88 bits per heavy atom. The topological polar surface area (TPSA) is 21.3 Å². The number of benzene rings is 1. The number of halogens is 1. The minimum Gasteiger partial charge on any atom is -0.489 e. The highest BCUT2D eigenvalue weighted by atomic mass is 19.1. The van der Waals surface area contributed by atoms with Gasteiger partial charge in [-0.05, 0) is 51.5 Å². The molecule has 0 fully saturated rings. The van der Waals surface area contributed by atoms with E-state index in [0.29, 0.717) is 5.75 Å². The van der Waals surface area contributed by atoms with Gasteiger partial charge in [-0.1, -0.05) is 6.92 Å². The molecule has 0 aromatic heterocycles. The molecule has 0 amide bonds. The van der Waals surface area contributed by atoms with Crippen LogP contribution in [0, 0.1) is 5.82 Å². The highest BCUT2D eigenvalue weighted by Crippen LogP contribution is 2.13. The molecule has 1 aromatic rings. The zero-order chi connectivity index (χ0) is 12.9. The molecule has 3 heteroatoms. The summed E-state index contributed by atoms with van der Waals surface area (Å²) in [5.74, 6) is 0.463. The smallest absolute Gasteiger partial charge is 0.123 e. The van der Waals surface area contributed by atoms with Crippen molar-refractivity contribution in [3.05, 3.63) is 30.1 Å². The summed E-state index contributed by atoms with van der Waals surface area (Å²) in [6.45, 7) is 9.26. The van der Waals surface area contributed by atoms with Crippen LogP contribution < -0.4 is 10.1 Å². The lowest BCUT2D eigenvalue weighted by atomic mass is 10.0. The standard InChI is InChI=1S/C14H22FNO/c1-5-14(3,4)16-10-11(2)17-13-8-6-12(15)7-9-13/h6-9,11,16H,5,10H2,1-4H3. The summed E-state index contributed by atoms with van der Waals surface area (Å²) in [5.41, 5.74) is 0.125. The van der Waals surface area contributed by atoms with Gasteiger partial charge in [0.15, 0.2) is 0 Å². The lowest BCUT2D eigenvalue weighted by molar-refractivity contribution is 0.198.